The highest BCUT2D eigenvalue weighted by Gasteiger charge is 2.15. The molecule has 0 spiro atoms. The molecule has 27 heavy (non-hydrogen) atoms. The average Bonchev–Trinajstić information content (AvgIpc) is 3.15. The number of nitrogens with zero attached hydrogens (tertiary/aromatic N) is 2. The van der Waals surface area contributed by atoms with E-state index in [-0.39, 0.29) is 5.91 Å². The van der Waals surface area contributed by atoms with Crippen LogP contribution in [-0.2, 0) is 11.2 Å². The molecule has 0 saturated carbocycles. The first kappa shape index (κ1) is 17.4. The lowest BCUT2D eigenvalue weighted by Crippen LogP contribution is -2.27. The van der Waals surface area contributed by atoms with Gasteiger partial charge in [0.15, 0.2) is 0 Å². The molecule has 1 heterocycles. The lowest BCUT2D eigenvalue weighted by molar-refractivity contribution is -0.117. The van der Waals surface area contributed by atoms with Crippen molar-refractivity contribution in [1.82, 2.24) is 4.98 Å². The summed E-state index contributed by atoms with van der Waals surface area (Å²) in [4.78, 5) is 19.1. The second kappa shape index (κ2) is 7.33. The summed E-state index contributed by atoms with van der Waals surface area (Å²) in [6.07, 6.45) is 0.297. The predicted octanol–water partition coefficient (Wildman–Crippen LogP) is 5.48. The van der Waals surface area contributed by atoms with Gasteiger partial charge in [-0.05, 0) is 35.9 Å². The largest absolute Gasteiger partial charge is 0.315 e. The van der Waals surface area contributed by atoms with E-state index < -0.39 is 0 Å². The van der Waals surface area contributed by atoms with Crippen LogP contribution in [0.15, 0.2) is 72.1 Å². The number of aromatic nitrogens is 1. The van der Waals surface area contributed by atoms with Crippen LogP contribution in [0.3, 0.4) is 0 Å². The maximum atomic E-state index is 12.7. The molecule has 3 nitrogen and oxygen atoms in total. The van der Waals surface area contributed by atoms with Crippen molar-refractivity contribution in [2.45, 2.75) is 13.3 Å². The summed E-state index contributed by atoms with van der Waals surface area (Å²) in [5, 5.41) is 5.23. The summed E-state index contributed by atoms with van der Waals surface area (Å²) in [6.45, 7) is 2.07. The van der Waals surface area contributed by atoms with Crippen molar-refractivity contribution in [2.24, 2.45) is 0 Å². The number of anilines is 1. The number of hydrogen-bond acceptors (Lipinski definition) is 3. The Morgan fingerprint density at radius 2 is 1.81 bits per heavy atom. The number of amides is 1. The Morgan fingerprint density at radius 3 is 2.63 bits per heavy atom. The maximum absolute atomic E-state index is 12.7. The molecule has 0 radical (unpaired) electrons. The van der Waals surface area contributed by atoms with Gasteiger partial charge in [-0.3, -0.25) is 4.79 Å². The van der Waals surface area contributed by atoms with Crippen molar-refractivity contribution in [3.63, 3.8) is 0 Å². The van der Waals surface area contributed by atoms with Crippen LogP contribution in [0.5, 0.6) is 0 Å². The Morgan fingerprint density at radius 1 is 1.00 bits per heavy atom. The molecule has 1 aromatic heterocycles. The van der Waals surface area contributed by atoms with Gasteiger partial charge in [0.05, 0.1) is 12.1 Å². The van der Waals surface area contributed by atoms with Crippen LogP contribution in [0, 0.1) is 6.92 Å². The molecule has 0 aliphatic heterocycles. The Hall–Kier alpha value is -2.98. The molecule has 3 aromatic carbocycles. The summed E-state index contributed by atoms with van der Waals surface area (Å²) in [6, 6.07) is 22.5. The number of carbonyl (C=O) groups is 1. The molecule has 0 atom stereocenters. The molecule has 0 aliphatic carbocycles. The van der Waals surface area contributed by atoms with Gasteiger partial charge in [-0.25, -0.2) is 4.98 Å². The fourth-order valence-corrected chi connectivity index (χ4v) is 3.92. The topological polar surface area (TPSA) is 33.2 Å². The molecule has 134 valence electrons. The van der Waals surface area contributed by atoms with E-state index in [1.807, 2.05) is 48.8 Å². The first-order valence-corrected chi connectivity index (χ1v) is 9.75. The van der Waals surface area contributed by atoms with Crippen LogP contribution < -0.4 is 4.90 Å². The summed E-state index contributed by atoms with van der Waals surface area (Å²) >= 11 is 1.58. The first-order valence-electron chi connectivity index (χ1n) is 8.87. The molecule has 4 rings (SSSR count). The number of benzene rings is 3. The standard InChI is InChI=1S/C23H20N2OS/c1-16-6-5-9-19(12-16)23-24-20(15-27-23)14-22(26)25(2)21-11-10-17-7-3-4-8-18(17)13-21/h3-13,15H,14H2,1-2H3. The molecule has 0 bridgehead atoms. The first-order chi connectivity index (χ1) is 13.1. The number of thiazole rings is 1. The van der Waals surface area contributed by atoms with Gasteiger partial charge in [0.1, 0.15) is 5.01 Å². The van der Waals surface area contributed by atoms with E-state index >= 15 is 0 Å². The van der Waals surface area contributed by atoms with Crippen LogP contribution in [0.4, 0.5) is 5.69 Å². The van der Waals surface area contributed by atoms with Gasteiger partial charge < -0.3 is 4.90 Å². The summed E-state index contributed by atoms with van der Waals surface area (Å²) in [7, 11) is 1.82. The van der Waals surface area contributed by atoms with Crippen LogP contribution in [-0.4, -0.2) is 17.9 Å². The van der Waals surface area contributed by atoms with Gasteiger partial charge in [0.25, 0.3) is 0 Å². The zero-order chi connectivity index (χ0) is 18.8. The number of hydrogen-bond donors (Lipinski definition) is 0. The summed E-state index contributed by atoms with van der Waals surface area (Å²) in [5.41, 5.74) is 4.01. The zero-order valence-electron chi connectivity index (χ0n) is 15.3. The highest BCUT2D eigenvalue weighted by molar-refractivity contribution is 7.13. The van der Waals surface area contributed by atoms with Crippen molar-refractivity contribution in [2.75, 3.05) is 11.9 Å². The minimum Gasteiger partial charge on any atom is -0.315 e. The van der Waals surface area contributed by atoms with E-state index in [0.717, 1.165) is 27.3 Å². The predicted molar refractivity (Wildman–Crippen MR) is 113 cm³/mol. The van der Waals surface area contributed by atoms with Gasteiger partial charge in [0, 0.05) is 23.7 Å². The van der Waals surface area contributed by atoms with Crippen molar-refractivity contribution in [3.05, 3.63) is 83.4 Å². The second-order valence-electron chi connectivity index (χ2n) is 6.67. The Balaban J connectivity index is 1.51. The third kappa shape index (κ3) is 3.76. The molecule has 4 aromatic rings. The highest BCUT2D eigenvalue weighted by atomic mass is 32.1. The summed E-state index contributed by atoms with van der Waals surface area (Å²) < 4.78 is 0. The number of aryl methyl sites for hydroxylation is 1. The van der Waals surface area contributed by atoms with Gasteiger partial charge in [-0.2, -0.15) is 0 Å². The molecular weight excluding hydrogens is 352 g/mol. The molecule has 0 unspecified atom stereocenters. The SMILES string of the molecule is Cc1cccc(-c2nc(CC(=O)N(C)c3ccc4ccccc4c3)cs2)c1. The fraction of sp³-hybridized carbons (Fsp3) is 0.130. The van der Waals surface area contributed by atoms with Crippen molar-refractivity contribution >= 4 is 33.7 Å². The van der Waals surface area contributed by atoms with Crippen molar-refractivity contribution < 1.29 is 4.79 Å². The van der Waals surface area contributed by atoms with E-state index in [1.54, 1.807) is 16.2 Å². The van der Waals surface area contributed by atoms with E-state index in [1.165, 1.54) is 10.9 Å². The third-order valence-corrected chi connectivity index (χ3v) is 5.58. The zero-order valence-corrected chi connectivity index (χ0v) is 16.2. The van der Waals surface area contributed by atoms with Crippen LogP contribution in [0.1, 0.15) is 11.3 Å². The molecule has 1 amide bonds. The molecule has 0 N–H and O–H groups in total. The van der Waals surface area contributed by atoms with E-state index in [2.05, 4.69) is 42.2 Å². The molecule has 0 saturated heterocycles. The lowest BCUT2D eigenvalue weighted by Gasteiger charge is -2.17. The lowest BCUT2D eigenvalue weighted by atomic mass is 10.1. The number of rotatable bonds is 4. The second-order valence-corrected chi connectivity index (χ2v) is 7.53. The fourth-order valence-electron chi connectivity index (χ4n) is 3.10. The molecule has 4 heteroatoms. The normalized spacial score (nSPS) is 10.9. The van der Waals surface area contributed by atoms with E-state index in [9.17, 15) is 4.79 Å². The van der Waals surface area contributed by atoms with Crippen molar-refractivity contribution in [1.29, 1.82) is 0 Å². The minimum atomic E-state index is 0.0337. The minimum absolute atomic E-state index is 0.0337. The highest BCUT2D eigenvalue weighted by Crippen LogP contribution is 2.26. The third-order valence-electron chi connectivity index (χ3n) is 4.64. The van der Waals surface area contributed by atoms with Crippen LogP contribution >= 0.6 is 11.3 Å². The molecule has 0 aliphatic rings. The summed E-state index contributed by atoms with van der Waals surface area (Å²) in [5.74, 6) is 0.0337. The van der Waals surface area contributed by atoms with Gasteiger partial charge in [-0.15, -0.1) is 11.3 Å². The van der Waals surface area contributed by atoms with E-state index in [4.69, 9.17) is 0 Å². The monoisotopic (exact) mass is 372 g/mol. The van der Waals surface area contributed by atoms with Crippen molar-refractivity contribution in [3.8, 4) is 10.6 Å². The Kier molecular flexibility index (Phi) is 4.73. The van der Waals surface area contributed by atoms with E-state index in [0.29, 0.717) is 6.42 Å². The Bertz CT molecular complexity index is 1120. The quantitative estimate of drug-likeness (QED) is 0.475. The number of likely N-dealkylation sites (N-methyl/N-ethyl adjacent to an activating group) is 1. The number of fused-ring (bicyclic) bond motifs is 1. The maximum Gasteiger partial charge on any atom is 0.232 e. The number of carbonyl (C=O) groups excluding carboxylic acids is 1. The van der Waals surface area contributed by atoms with Gasteiger partial charge in [0.2, 0.25) is 5.91 Å². The molecule has 0 fully saturated rings. The van der Waals surface area contributed by atoms with Gasteiger partial charge >= 0.3 is 0 Å². The van der Waals surface area contributed by atoms with Gasteiger partial charge in [-0.1, -0.05) is 54.1 Å². The average molecular weight is 372 g/mol. The Labute approximate surface area is 162 Å². The van der Waals surface area contributed by atoms with Crippen LogP contribution in [0.25, 0.3) is 21.3 Å². The molecular formula is C23H20N2OS. The smallest absolute Gasteiger partial charge is 0.232 e. The van der Waals surface area contributed by atoms with Crippen LogP contribution in [0.2, 0.25) is 0 Å².